The minimum Gasteiger partial charge on any atom is -0.456 e. The van der Waals surface area contributed by atoms with Gasteiger partial charge in [0.15, 0.2) is 0 Å². The van der Waals surface area contributed by atoms with Gasteiger partial charge in [0.2, 0.25) is 15.9 Å². The summed E-state index contributed by atoms with van der Waals surface area (Å²) in [6.07, 6.45) is 0.189. The maximum atomic E-state index is 12.2. The molecule has 1 unspecified atom stereocenters. The van der Waals surface area contributed by atoms with Crippen molar-refractivity contribution in [3.63, 3.8) is 0 Å². The molecule has 0 bridgehead atoms. The van der Waals surface area contributed by atoms with Gasteiger partial charge in [-0.1, -0.05) is 18.2 Å². The third-order valence-electron chi connectivity index (χ3n) is 4.35. The number of amides is 1. The van der Waals surface area contributed by atoms with Gasteiger partial charge in [-0.05, 0) is 18.2 Å². The molecule has 1 saturated heterocycles. The van der Waals surface area contributed by atoms with Gasteiger partial charge in [0.05, 0.1) is 5.75 Å². The van der Waals surface area contributed by atoms with Crippen molar-refractivity contribution in [3.05, 3.63) is 42.5 Å². The first-order valence-electron chi connectivity index (χ1n) is 7.63. The minimum atomic E-state index is -3.59. The third kappa shape index (κ3) is 2.65. The fraction of sp³-hybridized carbons (Fsp3) is 0.235. The number of benzene rings is 2. The van der Waals surface area contributed by atoms with Crippen LogP contribution in [0, 0.1) is 5.92 Å². The van der Waals surface area contributed by atoms with E-state index < -0.39 is 10.0 Å². The van der Waals surface area contributed by atoms with E-state index in [4.69, 9.17) is 9.56 Å². The van der Waals surface area contributed by atoms with E-state index in [1.165, 1.54) is 0 Å². The Hall–Kier alpha value is -2.38. The molecule has 1 amide bonds. The number of anilines is 1. The number of rotatable bonds is 3. The Morgan fingerprint density at radius 1 is 1.12 bits per heavy atom. The summed E-state index contributed by atoms with van der Waals surface area (Å²) < 4.78 is 28.3. The molecule has 1 aromatic heterocycles. The van der Waals surface area contributed by atoms with Crippen molar-refractivity contribution < 1.29 is 17.6 Å². The summed E-state index contributed by atoms with van der Waals surface area (Å²) in [5.74, 6) is -0.555. The number of nitrogens with two attached hydrogens (primary N) is 1. The summed E-state index contributed by atoms with van der Waals surface area (Å²) in [4.78, 5) is 13.8. The van der Waals surface area contributed by atoms with E-state index in [0.717, 1.165) is 16.4 Å². The molecule has 3 aromatic rings. The Kier molecular flexibility index (Phi) is 3.36. The molecule has 1 aliphatic rings. The van der Waals surface area contributed by atoms with Crippen LogP contribution in [-0.2, 0) is 14.8 Å². The predicted octanol–water partition coefficient (Wildman–Crippen LogP) is 2.23. The second kappa shape index (κ2) is 5.32. The lowest BCUT2D eigenvalue weighted by Gasteiger charge is -2.16. The van der Waals surface area contributed by atoms with Crippen molar-refractivity contribution in [3.8, 4) is 0 Å². The first-order chi connectivity index (χ1) is 11.4. The number of para-hydroxylation sites is 1. The smallest absolute Gasteiger partial charge is 0.227 e. The highest BCUT2D eigenvalue weighted by Gasteiger charge is 2.33. The topological polar surface area (TPSA) is 93.6 Å². The van der Waals surface area contributed by atoms with Crippen LogP contribution in [-0.4, -0.2) is 26.6 Å². The maximum Gasteiger partial charge on any atom is 0.227 e. The van der Waals surface area contributed by atoms with E-state index in [0.29, 0.717) is 17.8 Å². The molecule has 6 nitrogen and oxygen atoms in total. The van der Waals surface area contributed by atoms with Crippen LogP contribution in [0.4, 0.5) is 5.69 Å². The lowest BCUT2D eigenvalue weighted by molar-refractivity contribution is -0.117. The average molecular weight is 344 g/mol. The van der Waals surface area contributed by atoms with E-state index >= 15 is 0 Å². The van der Waals surface area contributed by atoms with Crippen molar-refractivity contribution in [1.82, 2.24) is 0 Å². The molecule has 124 valence electrons. The molecule has 24 heavy (non-hydrogen) atoms. The summed E-state index contributed by atoms with van der Waals surface area (Å²) in [7, 11) is -3.59. The highest BCUT2D eigenvalue weighted by Crippen LogP contribution is 2.33. The number of nitrogens with zero attached hydrogens (tertiary/aromatic N) is 1. The molecule has 1 fully saturated rings. The summed E-state index contributed by atoms with van der Waals surface area (Å²) in [6, 6.07) is 13.4. The standard InChI is InChI=1S/C17H16N2O4S/c18-24(21,22)10-11-7-17(20)19(9-11)12-5-6-14-13-3-1-2-4-15(13)23-16(14)8-12/h1-6,8,11H,7,9-10H2,(H2,18,21,22). The SMILES string of the molecule is NS(=O)(=O)CC1CC(=O)N(c2ccc3c(c2)oc2ccccc23)C1. The van der Waals surface area contributed by atoms with Crippen molar-refractivity contribution in [2.75, 3.05) is 17.2 Å². The van der Waals surface area contributed by atoms with Crippen LogP contribution in [0.2, 0.25) is 0 Å². The Bertz CT molecular complexity index is 1050. The van der Waals surface area contributed by atoms with Gasteiger partial charge >= 0.3 is 0 Å². The first kappa shape index (κ1) is 15.2. The Balaban J connectivity index is 1.69. The number of hydrogen-bond acceptors (Lipinski definition) is 4. The van der Waals surface area contributed by atoms with E-state index in [1.807, 2.05) is 42.5 Å². The molecular formula is C17H16N2O4S. The van der Waals surface area contributed by atoms with Crippen molar-refractivity contribution >= 4 is 43.6 Å². The van der Waals surface area contributed by atoms with Gasteiger partial charge in [-0.3, -0.25) is 4.79 Å². The largest absolute Gasteiger partial charge is 0.456 e. The lowest BCUT2D eigenvalue weighted by atomic mass is 10.1. The Morgan fingerprint density at radius 3 is 2.67 bits per heavy atom. The molecule has 0 saturated carbocycles. The molecule has 2 heterocycles. The van der Waals surface area contributed by atoms with Crippen molar-refractivity contribution in [2.24, 2.45) is 11.1 Å². The van der Waals surface area contributed by atoms with Crippen molar-refractivity contribution in [2.45, 2.75) is 6.42 Å². The minimum absolute atomic E-state index is 0.0980. The number of fused-ring (bicyclic) bond motifs is 3. The second-order valence-electron chi connectivity index (χ2n) is 6.18. The van der Waals surface area contributed by atoms with Crippen LogP contribution < -0.4 is 10.0 Å². The zero-order chi connectivity index (χ0) is 16.9. The number of sulfonamides is 1. The summed E-state index contributed by atoms with van der Waals surface area (Å²) >= 11 is 0. The molecule has 2 N–H and O–H groups in total. The van der Waals surface area contributed by atoms with E-state index in [-0.39, 0.29) is 24.0 Å². The molecule has 0 aliphatic carbocycles. The van der Waals surface area contributed by atoms with Gasteiger partial charge in [0.1, 0.15) is 11.2 Å². The fourth-order valence-electron chi connectivity index (χ4n) is 3.35. The van der Waals surface area contributed by atoms with Crippen LogP contribution in [0.3, 0.4) is 0 Å². The number of primary sulfonamides is 1. The monoisotopic (exact) mass is 344 g/mol. The summed E-state index contributed by atoms with van der Waals surface area (Å²) in [5.41, 5.74) is 2.21. The molecule has 1 atom stereocenters. The third-order valence-corrected chi connectivity index (χ3v) is 5.28. The van der Waals surface area contributed by atoms with Crippen LogP contribution in [0.25, 0.3) is 21.9 Å². The van der Waals surface area contributed by atoms with Crippen LogP contribution >= 0.6 is 0 Å². The van der Waals surface area contributed by atoms with Gasteiger partial charge in [-0.2, -0.15) is 0 Å². The molecular weight excluding hydrogens is 328 g/mol. The van der Waals surface area contributed by atoms with Gasteiger partial charge in [-0.25, -0.2) is 13.6 Å². The number of hydrogen-bond donors (Lipinski definition) is 1. The normalized spacial score (nSPS) is 18.8. The van der Waals surface area contributed by atoms with E-state index in [2.05, 4.69) is 0 Å². The van der Waals surface area contributed by atoms with E-state index in [1.54, 1.807) is 4.90 Å². The Morgan fingerprint density at radius 2 is 1.88 bits per heavy atom. The summed E-state index contributed by atoms with van der Waals surface area (Å²) in [6.45, 7) is 0.348. The van der Waals surface area contributed by atoms with Gasteiger partial charge in [0, 0.05) is 41.4 Å². The highest BCUT2D eigenvalue weighted by atomic mass is 32.2. The molecule has 7 heteroatoms. The molecule has 2 aromatic carbocycles. The van der Waals surface area contributed by atoms with Gasteiger partial charge in [0.25, 0.3) is 0 Å². The average Bonchev–Trinajstić information content (AvgIpc) is 3.05. The maximum absolute atomic E-state index is 12.2. The molecule has 4 rings (SSSR count). The zero-order valence-electron chi connectivity index (χ0n) is 12.8. The second-order valence-corrected chi connectivity index (χ2v) is 7.84. The quantitative estimate of drug-likeness (QED) is 0.788. The van der Waals surface area contributed by atoms with Gasteiger partial charge in [-0.15, -0.1) is 0 Å². The van der Waals surface area contributed by atoms with Crippen LogP contribution in [0.1, 0.15) is 6.42 Å². The number of carbonyl (C=O) groups is 1. The zero-order valence-corrected chi connectivity index (χ0v) is 13.6. The summed E-state index contributed by atoms with van der Waals surface area (Å²) in [5, 5.41) is 7.10. The number of carbonyl (C=O) groups excluding carboxylic acids is 1. The molecule has 0 radical (unpaired) electrons. The van der Waals surface area contributed by atoms with Crippen LogP contribution in [0.5, 0.6) is 0 Å². The fourth-order valence-corrected chi connectivity index (χ4v) is 4.23. The first-order valence-corrected chi connectivity index (χ1v) is 9.34. The molecule has 1 aliphatic heterocycles. The van der Waals surface area contributed by atoms with Crippen molar-refractivity contribution in [1.29, 1.82) is 0 Å². The van der Waals surface area contributed by atoms with Crippen LogP contribution in [0.15, 0.2) is 46.9 Å². The highest BCUT2D eigenvalue weighted by molar-refractivity contribution is 7.89. The lowest BCUT2D eigenvalue weighted by Crippen LogP contribution is -2.27. The molecule has 0 spiro atoms. The number of furan rings is 1. The van der Waals surface area contributed by atoms with Gasteiger partial charge < -0.3 is 9.32 Å². The van der Waals surface area contributed by atoms with E-state index in [9.17, 15) is 13.2 Å². The Labute approximate surface area is 138 Å². The predicted molar refractivity (Wildman–Crippen MR) is 92.2 cm³/mol.